The maximum atomic E-state index is 5.88. The van der Waals surface area contributed by atoms with Gasteiger partial charge in [0.05, 0.1) is 0 Å². The fourth-order valence-corrected chi connectivity index (χ4v) is 2.38. The molecule has 0 radical (unpaired) electrons. The van der Waals surface area contributed by atoms with E-state index >= 15 is 0 Å². The smallest absolute Gasteiger partial charge is 0.0177 e. The lowest BCUT2D eigenvalue weighted by atomic mass is 9.85. The van der Waals surface area contributed by atoms with E-state index in [0.717, 1.165) is 17.4 Å². The Morgan fingerprint density at radius 2 is 2.00 bits per heavy atom. The van der Waals surface area contributed by atoms with Crippen molar-refractivity contribution in [3.8, 4) is 0 Å². The van der Waals surface area contributed by atoms with Crippen LogP contribution in [0.4, 0.5) is 0 Å². The van der Waals surface area contributed by atoms with Crippen LogP contribution in [-0.4, -0.2) is 6.54 Å². The molecule has 0 fully saturated rings. The van der Waals surface area contributed by atoms with E-state index in [2.05, 4.69) is 61.0 Å². The Morgan fingerprint density at radius 1 is 1.29 bits per heavy atom. The van der Waals surface area contributed by atoms with Gasteiger partial charge >= 0.3 is 0 Å². The maximum absolute atomic E-state index is 5.88. The summed E-state index contributed by atoms with van der Waals surface area (Å²) in [6.45, 7) is 7.65. The maximum Gasteiger partial charge on any atom is 0.0177 e. The van der Waals surface area contributed by atoms with Gasteiger partial charge in [0.1, 0.15) is 0 Å². The molecule has 0 saturated carbocycles. The second kappa shape index (κ2) is 6.55. The van der Waals surface area contributed by atoms with Crippen molar-refractivity contribution in [2.75, 3.05) is 6.54 Å². The molecule has 0 spiro atoms. The van der Waals surface area contributed by atoms with Crippen LogP contribution >= 0.6 is 15.9 Å². The van der Waals surface area contributed by atoms with Crippen molar-refractivity contribution in [3.05, 3.63) is 34.3 Å². The van der Waals surface area contributed by atoms with Crippen molar-refractivity contribution in [3.63, 3.8) is 0 Å². The van der Waals surface area contributed by atoms with Gasteiger partial charge in [-0.05, 0) is 54.8 Å². The number of nitrogens with two attached hydrogens (primary N) is 1. The Kier molecular flexibility index (Phi) is 5.68. The summed E-state index contributed by atoms with van der Waals surface area (Å²) < 4.78 is 1.15. The van der Waals surface area contributed by atoms with Gasteiger partial charge in [0.15, 0.2) is 0 Å². The summed E-state index contributed by atoms with van der Waals surface area (Å²) in [6.07, 6.45) is 3.54. The van der Waals surface area contributed by atoms with Crippen LogP contribution in [0.15, 0.2) is 28.7 Å². The van der Waals surface area contributed by atoms with E-state index in [0.29, 0.717) is 11.3 Å². The van der Waals surface area contributed by atoms with Gasteiger partial charge in [-0.15, -0.1) is 0 Å². The molecule has 1 atom stereocenters. The van der Waals surface area contributed by atoms with E-state index in [-0.39, 0.29) is 0 Å². The highest BCUT2D eigenvalue weighted by atomic mass is 79.9. The highest BCUT2D eigenvalue weighted by Gasteiger charge is 2.14. The molecule has 1 aromatic rings. The molecule has 0 aliphatic heterocycles. The summed E-state index contributed by atoms with van der Waals surface area (Å²) in [5, 5.41) is 0. The van der Waals surface area contributed by atoms with Crippen LogP contribution in [0.3, 0.4) is 0 Å². The SMILES string of the molecule is CC(C)(C)CCC(CN)Cc1cccc(Br)c1. The first kappa shape index (κ1) is 14.7. The van der Waals surface area contributed by atoms with Crippen LogP contribution in [0.1, 0.15) is 39.2 Å². The zero-order valence-corrected chi connectivity index (χ0v) is 12.8. The Balaban J connectivity index is 2.52. The van der Waals surface area contributed by atoms with E-state index in [9.17, 15) is 0 Å². The summed E-state index contributed by atoms with van der Waals surface area (Å²) >= 11 is 3.51. The van der Waals surface area contributed by atoms with Crippen LogP contribution in [-0.2, 0) is 6.42 Å². The molecule has 2 heteroatoms. The molecule has 0 aliphatic carbocycles. The number of rotatable bonds is 5. The Bertz CT molecular complexity index is 341. The lowest BCUT2D eigenvalue weighted by molar-refractivity contribution is 0.323. The molecule has 0 saturated heterocycles. The lowest BCUT2D eigenvalue weighted by Crippen LogP contribution is -2.19. The van der Waals surface area contributed by atoms with Crippen molar-refractivity contribution in [2.45, 2.75) is 40.0 Å². The van der Waals surface area contributed by atoms with Crippen LogP contribution in [0.5, 0.6) is 0 Å². The molecule has 17 heavy (non-hydrogen) atoms. The Labute approximate surface area is 114 Å². The predicted octanol–water partition coefficient (Wildman–Crippen LogP) is 4.39. The summed E-state index contributed by atoms with van der Waals surface area (Å²) in [7, 11) is 0. The predicted molar refractivity (Wildman–Crippen MR) is 79.1 cm³/mol. The van der Waals surface area contributed by atoms with Gasteiger partial charge in [0.25, 0.3) is 0 Å². The van der Waals surface area contributed by atoms with Crippen LogP contribution in [0, 0.1) is 11.3 Å². The number of hydrogen-bond acceptors (Lipinski definition) is 1. The molecule has 1 rings (SSSR count). The molecule has 1 aromatic carbocycles. The van der Waals surface area contributed by atoms with Crippen LogP contribution < -0.4 is 5.73 Å². The highest BCUT2D eigenvalue weighted by Crippen LogP contribution is 2.25. The molecule has 0 heterocycles. The van der Waals surface area contributed by atoms with Crippen molar-refractivity contribution >= 4 is 15.9 Å². The normalized spacial score (nSPS) is 13.7. The fraction of sp³-hybridized carbons (Fsp3) is 0.600. The Morgan fingerprint density at radius 3 is 2.53 bits per heavy atom. The third kappa shape index (κ3) is 6.23. The number of benzene rings is 1. The van der Waals surface area contributed by atoms with E-state index in [4.69, 9.17) is 5.73 Å². The summed E-state index contributed by atoms with van der Waals surface area (Å²) in [5.74, 6) is 0.600. The van der Waals surface area contributed by atoms with Gasteiger partial charge in [0, 0.05) is 4.47 Å². The first-order valence-corrected chi connectivity index (χ1v) is 7.14. The quantitative estimate of drug-likeness (QED) is 0.857. The third-order valence-electron chi connectivity index (χ3n) is 3.05. The van der Waals surface area contributed by atoms with Gasteiger partial charge in [0.2, 0.25) is 0 Å². The average Bonchev–Trinajstić information content (AvgIpc) is 2.23. The second-order valence-corrected chi connectivity index (χ2v) is 6.95. The minimum Gasteiger partial charge on any atom is -0.330 e. The van der Waals surface area contributed by atoms with Crippen LogP contribution in [0.2, 0.25) is 0 Å². The standard InChI is InChI=1S/C15H24BrN/c1-15(2,3)8-7-13(11-17)9-12-5-4-6-14(16)10-12/h4-6,10,13H,7-9,11,17H2,1-3H3. The minimum absolute atomic E-state index is 0.407. The molecular weight excluding hydrogens is 274 g/mol. The van der Waals surface area contributed by atoms with E-state index < -0.39 is 0 Å². The molecule has 2 N–H and O–H groups in total. The first-order valence-electron chi connectivity index (χ1n) is 6.35. The molecule has 1 unspecified atom stereocenters. The highest BCUT2D eigenvalue weighted by molar-refractivity contribution is 9.10. The molecule has 0 bridgehead atoms. The molecular formula is C15H24BrN. The molecule has 1 nitrogen and oxygen atoms in total. The van der Waals surface area contributed by atoms with E-state index in [1.165, 1.54) is 18.4 Å². The third-order valence-corrected chi connectivity index (χ3v) is 3.54. The second-order valence-electron chi connectivity index (χ2n) is 6.04. The first-order chi connectivity index (χ1) is 7.90. The largest absolute Gasteiger partial charge is 0.330 e. The summed E-state index contributed by atoms with van der Waals surface area (Å²) in [4.78, 5) is 0. The lowest BCUT2D eigenvalue weighted by Gasteiger charge is -2.22. The average molecular weight is 298 g/mol. The number of halogens is 1. The Hall–Kier alpha value is -0.340. The molecule has 0 aromatic heterocycles. The monoisotopic (exact) mass is 297 g/mol. The van der Waals surface area contributed by atoms with Gasteiger partial charge < -0.3 is 5.73 Å². The van der Waals surface area contributed by atoms with Crippen LogP contribution in [0.25, 0.3) is 0 Å². The van der Waals surface area contributed by atoms with Gasteiger partial charge in [-0.2, -0.15) is 0 Å². The van der Waals surface area contributed by atoms with Gasteiger partial charge in [-0.1, -0.05) is 48.8 Å². The fourth-order valence-electron chi connectivity index (χ4n) is 1.94. The summed E-state index contributed by atoms with van der Waals surface area (Å²) in [5.41, 5.74) is 7.66. The van der Waals surface area contributed by atoms with Gasteiger partial charge in [-0.25, -0.2) is 0 Å². The van der Waals surface area contributed by atoms with E-state index in [1.807, 2.05) is 0 Å². The van der Waals surface area contributed by atoms with Crippen molar-refractivity contribution in [1.29, 1.82) is 0 Å². The zero-order valence-electron chi connectivity index (χ0n) is 11.2. The van der Waals surface area contributed by atoms with Gasteiger partial charge in [-0.3, -0.25) is 0 Å². The molecule has 0 aliphatic rings. The molecule has 96 valence electrons. The topological polar surface area (TPSA) is 26.0 Å². The minimum atomic E-state index is 0.407. The van der Waals surface area contributed by atoms with Crippen molar-refractivity contribution < 1.29 is 0 Å². The van der Waals surface area contributed by atoms with E-state index in [1.54, 1.807) is 0 Å². The summed E-state index contributed by atoms with van der Waals surface area (Å²) in [6, 6.07) is 8.54. The molecule has 0 amide bonds. The van der Waals surface area contributed by atoms with Crippen molar-refractivity contribution in [2.24, 2.45) is 17.1 Å². The van der Waals surface area contributed by atoms with Crippen molar-refractivity contribution in [1.82, 2.24) is 0 Å². The zero-order chi connectivity index (χ0) is 12.9. The number of hydrogen-bond donors (Lipinski definition) is 1.